The first-order chi connectivity index (χ1) is 6.82. The quantitative estimate of drug-likeness (QED) is 0.308. The molecule has 90 valence electrons. The van der Waals surface area contributed by atoms with E-state index in [2.05, 4.69) is 0 Å². The van der Waals surface area contributed by atoms with Gasteiger partial charge in [-0.1, -0.05) is 0 Å². The topological polar surface area (TPSA) is 121 Å². The first-order valence-corrected chi connectivity index (χ1v) is 4.52. The van der Waals surface area contributed by atoms with Crippen molar-refractivity contribution in [3.63, 3.8) is 0 Å². The Morgan fingerprint density at radius 1 is 1.00 bits per heavy atom. The first-order valence-electron chi connectivity index (χ1n) is 4.52. The standard InChI is InChI=1S/C9H18O6/c1-4(2)6(12)8(14)9(15)7(13)5(11)3-10/h5,7-15H,3H2,1-2H3/t5-,7+,8+,9-/m1/s1. The number of aliphatic hydroxyl groups is 6. The molecule has 0 saturated carbocycles. The van der Waals surface area contributed by atoms with E-state index in [0.29, 0.717) is 5.57 Å². The Morgan fingerprint density at radius 3 is 1.80 bits per heavy atom. The van der Waals surface area contributed by atoms with Gasteiger partial charge in [-0.05, 0) is 19.4 Å². The minimum absolute atomic E-state index is 0.382. The van der Waals surface area contributed by atoms with Crippen LogP contribution >= 0.6 is 0 Å². The zero-order valence-corrected chi connectivity index (χ0v) is 8.70. The van der Waals surface area contributed by atoms with Crippen LogP contribution in [0.25, 0.3) is 0 Å². The van der Waals surface area contributed by atoms with Gasteiger partial charge in [0.15, 0.2) is 0 Å². The fraction of sp³-hybridized carbons (Fsp3) is 0.778. The summed E-state index contributed by atoms with van der Waals surface area (Å²) in [7, 11) is 0. The van der Waals surface area contributed by atoms with Crippen molar-refractivity contribution in [1.82, 2.24) is 0 Å². The van der Waals surface area contributed by atoms with Gasteiger partial charge in [-0.3, -0.25) is 0 Å². The summed E-state index contributed by atoms with van der Waals surface area (Å²) in [6.45, 7) is 2.28. The highest BCUT2D eigenvalue weighted by Gasteiger charge is 2.32. The Kier molecular flexibility index (Phi) is 5.77. The fourth-order valence-corrected chi connectivity index (χ4v) is 0.980. The minimum atomic E-state index is -1.76. The van der Waals surface area contributed by atoms with Gasteiger partial charge in [-0.2, -0.15) is 0 Å². The van der Waals surface area contributed by atoms with E-state index >= 15 is 0 Å². The van der Waals surface area contributed by atoms with Crippen LogP contribution in [0.3, 0.4) is 0 Å². The highest BCUT2D eigenvalue weighted by molar-refractivity contribution is 5.09. The second-order valence-electron chi connectivity index (χ2n) is 3.56. The fourth-order valence-electron chi connectivity index (χ4n) is 0.980. The molecule has 0 radical (unpaired) electrons. The molecule has 0 bridgehead atoms. The van der Waals surface area contributed by atoms with Crippen molar-refractivity contribution in [3.8, 4) is 0 Å². The van der Waals surface area contributed by atoms with Gasteiger partial charge in [0, 0.05) is 0 Å². The third kappa shape index (κ3) is 3.77. The van der Waals surface area contributed by atoms with E-state index in [0.717, 1.165) is 0 Å². The SMILES string of the molecule is CC(C)=C(O)[C@H](O)[C@H](O)[C@@H](O)[C@H](O)CO. The molecule has 0 aliphatic rings. The molecule has 0 spiro atoms. The highest BCUT2D eigenvalue weighted by atomic mass is 16.4. The third-order valence-electron chi connectivity index (χ3n) is 2.05. The average molecular weight is 222 g/mol. The number of hydrogen-bond acceptors (Lipinski definition) is 6. The van der Waals surface area contributed by atoms with Crippen LogP contribution in [0.2, 0.25) is 0 Å². The van der Waals surface area contributed by atoms with Crippen LogP contribution in [0.4, 0.5) is 0 Å². The monoisotopic (exact) mass is 222 g/mol. The Bertz CT molecular complexity index is 223. The molecule has 4 atom stereocenters. The summed E-state index contributed by atoms with van der Waals surface area (Å²) in [5.74, 6) is -0.466. The number of aliphatic hydroxyl groups excluding tert-OH is 6. The zero-order valence-electron chi connectivity index (χ0n) is 8.70. The van der Waals surface area contributed by atoms with Crippen molar-refractivity contribution in [2.24, 2.45) is 0 Å². The molecule has 6 heteroatoms. The van der Waals surface area contributed by atoms with Crippen LogP contribution in [-0.2, 0) is 0 Å². The summed E-state index contributed by atoms with van der Waals surface area (Å²) in [5, 5.41) is 54.7. The molecule has 0 aromatic carbocycles. The zero-order chi connectivity index (χ0) is 12.2. The van der Waals surface area contributed by atoms with E-state index in [1.165, 1.54) is 13.8 Å². The molecular formula is C9H18O6. The van der Waals surface area contributed by atoms with Crippen molar-refractivity contribution < 1.29 is 30.6 Å². The predicted molar refractivity (Wildman–Crippen MR) is 52.1 cm³/mol. The molecule has 0 aliphatic carbocycles. The second-order valence-corrected chi connectivity index (χ2v) is 3.56. The summed E-state index contributed by atoms with van der Waals surface area (Å²) in [6.07, 6.45) is -6.75. The third-order valence-corrected chi connectivity index (χ3v) is 2.05. The highest BCUT2D eigenvalue weighted by Crippen LogP contribution is 2.13. The molecule has 6 N–H and O–H groups in total. The van der Waals surface area contributed by atoms with Gasteiger partial charge in [0.2, 0.25) is 0 Å². The van der Waals surface area contributed by atoms with E-state index in [-0.39, 0.29) is 0 Å². The molecule has 15 heavy (non-hydrogen) atoms. The summed E-state index contributed by atoms with van der Waals surface area (Å²) in [4.78, 5) is 0. The van der Waals surface area contributed by atoms with Crippen molar-refractivity contribution >= 4 is 0 Å². The Hall–Kier alpha value is -0.660. The van der Waals surface area contributed by atoms with Gasteiger partial charge in [-0.15, -0.1) is 0 Å². The van der Waals surface area contributed by atoms with Gasteiger partial charge >= 0.3 is 0 Å². The average Bonchev–Trinajstić information content (AvgIpc) is 2.23. The van der Waals surface area contributed by atoms with Crippen LogP contribution in [0, 0.1) is 0 Å². The molecule has 0 rings (SSSR count). The number of allylic oxidation sites excluding steroid dienone is 1. The van der Waals surface area contributed by atoms with E-state index in [1.54, 1.807) is 0 Å². The Labute approximate surface area is 87.7 Å². The lowest BCUT2D eigenvalue weighted by molar-refractivity contribution is -0.113. The molecule has 0 aliphatic heterocycles. The summed E-state index contributed by atoms with van der Waals surface area (Å²) in [5.41, 5.74) is 0.382. The molecule has 6 nitrogen and oxygen atoms in total. The Balaban J connectivity index is 4.58. The van der Waals surface area contributed by atoms with Gasteiger partial charge in [0.1, 0.15) is 30.2 Å². The van der Waals surface area contributed by atoms with Crippen LogP contribution in [0.5, 0.6) is 0 Å². The van der Waals surface area contributed by atoms with Crippen LogP contribution in [-0.4, -0.2) is 61.7 Å². The maximum atomic E-state index is 9.36. The number of rotatable bonds is 5. The molecule has 0 aromatic rings. The van der Waals surface area contributed by atoms with Gasteiger partial charge in [0.25, 0.3) is 0 Å². The van der Waals surface area contributed by atoms with Crippen molar-refractivity contribution in [3.05, 3.63) is 11.3 Å². The molecular weight excluding hydrogens is 204 g/mol. The van der Waals surface area contributed by atoms with Crippen molar-refractivity contribution in [2.45, 2.75) is 38.3 Å². The van der Waals surface area contributed by atoms with Gasteiger partial charge < -0.3 is 30.6 Å². The van der Waals surface area contributed by atoms with Crippen molar-refractivity contribution in [2.75, 3.05) is 6.61 Å². The summed E-state index contributed by atoms with van der Waals surface area (Å²) < 4.78 is 0. The largest absolute Gasteiger partial charge is 0.510 e. The lowest BCUT2D eigenvalue weighted by atomic mass is 10.0. The first kappa shape index (κ1) is 14.3. The maximum absolute atomic E-state index is 9.36. The lowest BCUT2D eigenvalue weighted by Crippen LogP contribution is -2.46. The molecule has 0 fully saturated rings. The van der Waals surface area contributed by atoms with Crippen molar-refractivity contribution in [1.29, 1.82) is 0 Å². The smallest absolute Gasteiger partial charge is 0.139 e. The minimum Gasteiger partial charge on any atom is -0.510 e. The van der Waals surface area contributed by atoms with Gasteiger partial charge in [0.05, 0.1) is 6.61 Å². The molecule has 0 saturated heterocycles. The molecule has 0 amide bonds. The van der Waals surface area contributed by atoms with E-state index in [4.69, 9.17) is 10.2 Å². The van der Waals surface area contributed by atoms with Crippen LogP contribution < -0.4 is 0 Å². The van der Waals surface area contributed by atoms with E-state index in [1.807, 2.05) is 0 Å². The van der Waals surface area contributed by atoms with E-state index in [9.17, 15) is 20.4 Å². The normalized spacial score (nSPS) is 19.1. The van der Waals surface area contributed by atoms with Crippen LogP contribution in [0.1, 0.15) is 13.8 Å². The summed E-state index contributed by atoms with van der Waals surface area (Å²) >= 11 is 0. The van der Waals surface area contributed by atoms with E-state index < -0.39 is 36.8 Å². The summed E-state index contributed by atoms with van der Waals surface area (Å²) in [6, 6.07) is 0. The molecule has 0 unspecified atom stereocenters. The number of hydrogen-bond donors (Lipinski definition) is 6. The maximum Gasteiger partial charge on any atom is 0.139 e. The predicted octanol–water partition coefficient (Wildman–Crippen LogP) is -1.73. The molecule has 0 heterocycles. The molecule has 0 aromatic heterocycles. The van der Waals surface area contributed by atoms with Gasteiger partial charge in [-0.25, -0.2) is 0 Å². The van der Waals surface area contributed by atoms with Crippen LogP contribution in [0.15, 0.2) is 11.3 Å². The lowest BCUT2D eigenvalue weighted by Gasteiger charge is -2.25. The Morgan fingerprint density at radius 2 is 1.47 bits per heavy atom. The second kappa shape index (κ2) is 6.04.